The van der Waals surface area contributed by atoms with E-state index in [-0.39, 0.29) is 22.3 Å². The Balaban J connectivity index is 1.59. The number of esters is 2. The number of carboxylic acids is 2. The highest BCUT2D eigenvalue weighted by Gasteiger charge is 2.30. The molecule has 39 heavy (non-hydrogen) atoms. The molecule has 0 heterocycles. The molecular weight excluding hydrogens is 496 g/mol. The lowest BCUT2D eigenvalue weighted by Gasteiger charge is -2.16. The van der Waals surface area contributed by atoms with Gasteiger partial charge < -0.3 is 14.9 Å². The van der Waals surface area contributed by atoms with Crippen LogP contribution in [0.5, 0.6) is 0 Å². The van der Waals surface area contributed by atoms with Crippen molar-refractivity contribution in [2.75, 3.05) is 0 Å². The normalized spacial score (nSPS) is 11.2. The number of hydrogen-bond acceptors (Lipinski definition) is 5. The molecule has 0 saturated carbocycles. The van der Waals surface area contributed by atoms with Crippen molar-refractivity contribution in [3.8, 4) is 0 Å². The van der Waals surface area contributed by atoms with E-state index in [1.165, 1.54) is 0 Å². The Labute approximate surface area is 220 Å². The zero-order valence-electron chi connectivity index (χ0n) is 20.2. The minimum Gasteiger partial charge on any atom is -0.478 e. The van der Waals surface area contributed by atoms with Gasteiger partial charge in [0.1, 0.15) is 0 Å². The fraction of sp³-hybridized carbons (Fsp3) is 0. The van der Waals surface area contributed by atoms with Gasteiger partial charge >= 0.3 is 23.9 Å². The molecule has 0 aromatic heterocycles. The lowest BCUT2D eigenvalue weighted by atomic mass is 9.91. The quantitative estimate of drug-likeness (QED) is 0.153. The van der Waals surface area contributed by atoms with E-state index in [0.717, 1.165) is 0 Å². The van der Waals surface area contributed by atoms with Crippen LogP contribution in [-0.2, 0) is 4.74 Å². The summed E-state index contributed by atoms with van der Waals surface area (Å²) in [6.45, 7) is 0. The molecule has 0 aliphatic heterocycles. The number of rotatable bonds is 4. The van der Waals surface area contributed by atoms with Crippen molar-refractivity contribution in [1.29, 1.82) is 0 Å². The second-order valence-corrected chi connectivity index (χ2v) is 8.97. The standard InChI is InChI=1S/C32H18O7/c33-29(34)25-21-13-5-1-9-17(21)19-11-3-7-15-23(19)27(25)31(37)39-32(38)28-24-16-8-4-12-20(24)18-10-2-6-14-22(18)26(28)30(35)36/h1-16H,(H,33,34)(H,35,36). The molecule has 0 amide bonds. The second-order valence-electron chi connectivity index (χ2n) is 8.97. The van der Waals surface area contributed by atoms with Gasteiger partial charge in [0.15, 0.2) is 0 Å². The Morgan fingerprint density at radius 2 is 0.615 bits per heavy atom. The molecular formula is C32H18O7. The van der Waals surface area contributed by atoms with Crippen LogP contribution in [0.4, 0.5) is 0 Å². The van der Waals surface area contributed by atoms with Crippen LogP contribution >= 0.6 is 0 Å². The number of carbonyl (C=O) groups is 4. The number of aromatic carboxylic acids is 2. The third kappa shape index (κ3) is 3.67. The summed E-state index contributed by atoms with van der Waals surface area (Å²) in [6.07, 6.45) is 0. The van der Waals surface area contributed by atoms with E-state index in [0.29, 0.717) is 43.1 Å². The first-order valence-corrected chi connectivity index (χ1v) is 12.0. The molecule has 2 N–H and O–H groups in total. The highest BCUT2D eigenvalue weighted by Crippen LogP contribution is 2.36. The van der Waals surface area contributed by atoms with Crippen molar-refractivity contribution in [2.24, 2.45) is 0 Å². The topological polar surface area (TPSA) is 118 Å². The zero-order chi connectivity index (χ0) is 27.3. The van der Waals surface area contributed by atoms with E-state index < -0.39 is 23.9 Å². The maximum atomic E-state index is 13.6. The minimum absolute atomic E-state index is 0.285. The lowest BCUT2D eigenvalue weighted by Crippen LogP contribution is -2.20. The molecule has 0 saturated heterocycles. The number of fused-ring (bicyclic) bond motifs is 6. The van der Waals surface area contributed by atoms with Gasteiger partial charge in [-0.25, -0.2) is 19.2 Å². The van der Waals surface area contributed by atoms with Gasteiger partial charge in [0, 0.05) is 0 Å². The summed E-state index contributed by atoms with van der Waals surface area (Å²) in [5.41, 5.74) is -1.17. The number of carboxylic acid groups (broad SMARTS) is 2. The fourth-order valence-corrected chi connectivity index (χ4v) is 5.34. The smallest absolute Gasteiger partial charge is 0.347 e. The molecule has 0 aliphatic carbocycles. The lowest BCUT2D eigenvalue weighted by molar-refractivity contribution is 0.0390. The molecule has 188 valence electrons. The molecule has 0 fully saturated rings. The maximum Gasteiger partial charge on any atom is 0.347 e. The first kappa shape index (κ1) is 23.8. The minimum atomic E-state index is -1.36. The molecule has 0 bridgehead atoms. The summed E-state index contributed by atoms with van der Waals surface area (Å²) in [5, 5.41) is 24.0. The van der Waals surface area contributed by atoms with Crippen molar-refractivity contribution in [2.45, 2.75) is 0 Å². The summed E-state index contributed by atoms with van der Waals surface area (Å²) in [5.74, 6) is -5.10. The summed E-state index contributed by atoms with van der Waals surface area (Å²) in [4.78, 5) is 52.1. The van der Waals surface area contributed by atoms with Gasteiger partial charge in [-0.2, -0.15) is 0 Å². The van der Waals surface area contributed by atoms with Crippen LogP contribution in [0.2, 0.25) is 0 Å². The van der Waals surface area contributed by atoms with Crippen LogP contribution in [0.1, 0.15) is 41.4 Å². The van der Waals surface area contributed by atoms with E-state index in [2.05, 4.69) is 0 Å². The van der Waals surface area contributed by atoms with Crippen LogP contribution in [0.25, 0.3) is 43.1 Å². The van der Waals surface area contributed by atoms with Crippen molar-refractivity contribution in [1.82, 2.24) is 0 Å². The third-order valence-corrected chi connectivity index (χ3v) is 6.89. The summed E-state index contributed by atoms with van der Waals surface area (Å²) in [7, 11) is 0. The van der Waals surface area contributed by atoms with Gasteiger partial charge in [-0.15, -0.1) is 0 Å². The first-order chi connectivity index (χ1) is 18.9. The molecule has 7 nitrogen and oxygen atoms in total. The average Bonchev–Trinajstić information content (AvgIpc) is 2.95. The summed E-state index contributed by atoms with van der Waals surface area (Å²) < 4.78 is 5.31. The fourth-order valence-electron chi connectivity index (χ4n) is 5.34. The third-order valence-electron chi connectivity index (χ3n) is 6.89. The van der Waals surface area contributed by atoms with Crippen LogP contribution in [0.3, 0.4) is 0 Å². The molecule has 6 aromatic carbocycles. The van der Waals surface area contributed by atoms with E-state index in [1.807, 2.05) is 0 Å². The van der Waals surface area contributed by atoms with Gasteiger partial charge in [-0.3, -0.25) is 0 Å². The Bertz CT molecular complexity index is 1890. The first-order valence-electron chi connectivity index (χ1n) is 12.0. The zero-order valence-corrected chi connectivity index (χ0v) is 20.2. The number of hydrogen-bond donors (Lipinski definition) is 2. The van der Waals surface area contributed by atoms with E-state index in [9.17, 15) is 29.4 Å². The van der Waals surface area contributed by atoms with Crippen LogP contribution in [0.15, 0.2) is 97.1 Å². The summed E-state index contributed by atoms with van der Waals surface area (Å²) in [6, 6.07) is 27.0. The second kappa shape index (κ2) is 9.08. The molecule has 6 aromatic rings. The Morgan fingerprint density at radius 1 is 0.385 bits per heavy atom. The van der Waals surface area contributed by atoms with E-state index >= 15 is 0 Å². The molecule has 0 atom stereocenters. The predicted octanol–water partition coefficient (Wildman–Crippen LogP) is 6.69. The van der Waals surface area contributed by atoms with Crippen LogP contribution < -0.4 is 0 Å². The highest BCUT2D eigenvalue weighted by molar-refractivity contribution is 6.28. The van der Waals surface area contributed by atoms with E-state index in [1.54, 1.807) is 97.1 Å². The van der Waals surface area contributed by atoms with Gasteiger partial charge in [0.2, 0.25) is 0 Å². The highest BCUT2D eigenvalue weighted by atomic mass is 16.6. The molecule has 0 spiro atoms. The van der Waals surface area contributed by atoms with Crippen molar-refractivity contribution in [3.05, 3.63) is 119 Å². The van der Waals surface area contributed by atoms with Crippen molar-refractivity contribution in [3.63, 3.8) is 0 Å². The molecule has 7 heteroatoms. The van der Waals surface area contributed by atoms with Gasteiger partial charge in [0.25, 0.3) is 0 Å². The van der Waals surface area contributed by atoms with Crippen LogP contribution in [-0.4, -0.2) is 34.1 Å². The molecule has 6 rings (SSSR count). The van der Waals surface area contributed by atoms with Gasteiger partial charge in [-0.05, 0) is 43.1 Å². The Kier molecular flexibility index (Phi) is 5.54. The number of carbonyl (C=O) groups excluding carboxylic acids is 2. The molecule has 0 radical (unpaired) electrons. The number of benzene rings is 6. The number of ether oxygens (including phenoxy) is 1. The van der Waals surface area contributed by atoms with Crippen molar-refractivity contribution < 1.29 is 34.1 Å². The predicted molar refractivity (Wildman–Crippen MR) is 147 cm³/mol. The SMILES string of the molecule is O=C(O)c1c(C(=O)OC(=O)c2c(C(=O)O)c3ccccc3c3ccccc23)c2ccccc2c2ccccc12. The maximum absolute atomic E-state index is 13.6. The largest absolute Gasteiger partial charge is 0.478 e. The monoisotopic (exact) mass is 514 g/mol. The Morgan fingerprint density at radius 3 is 0.872 bits per heavy atom. The summed E-state index contributed by atoms with van der Waals surface area (Å²) >= 11 is 0. The Hall–Kier alpha value is -5.56. The van der Waals surface area contributed by atoms with Crippen molar-refractivity contribution >= 4 is 67.0 Å². The molecule has 0 aliphatic rings. The average molecular weight is 514 g/mol. The molecule has 0 unspecified atom stereocenters. The van der Waals surface area contributed by atoms with Gasteiger partial charge in [-0.1, -0.05) is 97.1 Å². The van der Waals surface area contributed by atoms with Gasteiger partial charge in [0.05, 0.1) is 22.3 Å². The van der Waals surface area contributed by atoms with E-state index in [4.69, 9.17) is 4.74 Å². The van der Waals surface area contributed by atoms with Crippen LogP contribution in [0, 0.1) is 0 Å².